The number of hydrogen-bond donors (Lipinski definition) is 2. The minimum absolute atomic E-state index is 0.0461. The molecule has 0 aliphatic carbocycles. The molecule has 0 spiro atoms. The lowest BCUT2D eigenvalue weighted by atomic mass is 9.99. The van der Waals surface area contributed by atoms with Crippen molar-refractivity contribution in [3.8, 4) is 0 Å². The van der Waals surface area contributed by atoms with E-state index in [1.807, 2.05) is 35.0 Å². The number of nitrogens with zero attached hydrogens (tertiary/aromatic N) is 2. The van der Waals surface area contributed by atoms with E-state index in [1.54, 1.807) is 6.20 Å². The highest BCUT2D eigenvalue weighted by Crippen LogP contribution is 2.16. The molecule has 2 N–H and O–H groups in total. The number of halogens is 1. The summed E-state index contributed by atoms with van der Waals surface area (Å²) in [5.74, 6) is 0.869. The summed E-state index contributed by atoms with van der Waals surface area (Å²) < 4.78 is 2.87. The number of piperidine rings is 1. The molecule has 1 aliphatic rings. The van der Waals surface area contributed by atoms with E-state index in [0.29, 0.717) is 6.54 Å². The predicted octanol–water partition coefficient (Wildman–Crippen LogP) is 2.63. The molecule has 1 aromatic carbocycles. The number of benzene rings is 1. The third-order valence-electron chi connectivity index (χ3n) is 3.88. The molecule has 1 aliphatic heterocycles. The highest BCUT2D eigenvalue weighted by atomic mass is 79.9. The smallest absolute Gasteiger partial charge is 0.229 e. The predicted molar refractivity (Wildman–Crippen MR) is 89.7 cm³/mol. The Kier molecular flexibility index (Phi) is 4.90. The molecule has 6 heteroatoms. The quantitative estimate of drug-likeness (QED) is 0.878. The minimum Gasteiger partial charge on any atom is -0.316 e. The second kappa shape index (κ2) is 7.07. The van der Waals surface area contributed by atoms with Crippen LogP contribution >= 0.6 is 15.9 Å². The number of aromatic nitrogens is 2. The molecule has 3 rings (SSSR count). The monoisotopic (exact) mass is 362 g/mol. The highest BCUT2D eigenvalue weighted by molar-refractivity contribution is 9.10. The number of nitrogens with one attached hydrogen (secondary N) is 2. The molecule has 5 nitrogen and oxygen atoms in total. The summed E-state index contributed by atoms with van der Waals surface area (Å²) in [6, 6.07) is 9.94. The molecular formula is C16H19BrN4O. The van der Waals surface area contributed by atoms with E-state index in [0.717, 1.165) is 41.8 Å². The van der Waals surface area contributed by atoms with Crippen LogP contribution in [0.1, 0.15) is 18.4 Å². The van der Waals surface area contributed by atoms with Gasteiger partial charge in [-0.2, -0.15) is 5.10 Å². The van der Waals surface area contributed by atoms with Gasteiger partial charge in [0.25, 0.3) is 0 Å². The molecule has 22 heavy (non-hydrogen) atoms. The molecule has 0 saturated carbocycles. The summed E-state index contributed by atoms with van der Waals surface area (Å²) in [5.41, 5.74) is 1.14. The standard InChI is InChI=1S/C16H19BrN4O/c17-14-5-3-12(4-6-14)11-21-15(7-9-19-21)20-16(22)13-2-1-8-18-10-13/h3-7,9,13,18H,1-2,8,10-11H2,(H,20,22). The van der Waals surface area contributed by atoms with Gasteiger partial charge in [-0.15, -0.1) is 0 Å². The van der Waals surface area contributed by atoms with Crippen LogP contribution in [0.2, 0.25) is 0 Å². The minimum atomic E-state index is 0.0461. The van der Waals surface area contributed by atoms with E-state index < -0.39 is 0 Å². The third kappa shape index (κ3) is 3.75. The fraction of sp³-hybridized carbons (Fsp3) is 0.375. The Hall–Kier alpha value is -1.66. The van der Waals surface area contributed by atoms with E-state index >= 15 is 0 Å². The molecule has 1 amide bonds. The van der Waals surface area contributed by atoms with Crippen LogP contribution in [0.25, 0.3) is 0 Å². The fourth-order valence-electron chi connectivity index (χ4n) is 2.63. The zero-order valence-electron chi connectivity index (χ0n) is 12.3. The zero-order chi connectivity index (χ0) is 15.4. The summed E-state index contributed by atoms with van der Waals surface area (Å²) in [5, 5.41) is 10.6. The van der Waals surface area contributed by atoms with Crippen LogP contribution in [-0.2, 0) is 11.3 Å². The SMILES string of the molecule is O=C(Nc1ccnn1Cc1ccc(Br)cc1)C1CCCNC1. The number of carbonyl (C=O) groups excluding carboxylic acids is 1. The van der Waals surface area contributed by atoms with Gasteiger partial charge in [0.15, 0.2) is 0 Å². The normalized spacial score (nSPS) is 18.1. The van der Waals surface area contributed by atoms with E-state index in [9.17, 15) is 4.79 Å². The van der Waals surface area contributed by atoms with Gasteiger partial charge in [0.2, 0.25) is 5.91 Å². The van der Waals surface area contributed by atoms with Crippen molar-refractivity contribution in [2.45, 2.75) is 19.4 Å². The Morgan fingerprint density at radius 1 is 1.36 bits per heavy atom. The second-order valence-corrected chi connectivity index (χ2v) is 6.45. The number of hydrogen-bond acceptors (Lipinski definition) is 3. The first-order chi connectivity index (χ1) is 10.7. The lowest BCUT2D eigenvalue weighted by Gasteiger charge is -2.22. The van der Waals surface area contributed by atoms with Crippen molar-refractivity contribution >= 4 is 27.7 Å². The summed E-state index contributed by atoms with van der Waals surface area (Å²) in [7, 11) is 0. The molecule has 1 fully saturated rings. The number of amides is 1. The van der Waals surface area contributed by atoms with Gasteiger partial charge >= 0.3 is 0 Å². The summed E-state index contributed by atoms with van der Waals surface area (Å²) in [6.45, 7) is 2.40. The summed E-state index contributed by atoms with van der Waals surface area (Å²) >= 11 is 3.43. The average Bonchev–Trinajstić information content (AvgIpc) is 2.97. The number of carbonyl (C=O) groups is 1. The van der Waals surface area contributed by atoms with Crippen LogP contribution in [0.15, 0.2) is 41.0 Å². The van der Waals surface area contributed by atoms with Crippen molar-refractivity contribution < 1.29 is 4.79 Å². The molecule has 116 valence electrons. The van der Waals surface area contributed by atoms with Crippen LogP contribution in [-0.4, -0.2) is 28.8 Å². The maximum Gasteiger partial charge on any atom is 0.229 e. The first-order valence-electron chi connectivity index (χ1n) is 7.50. The Bertz CT molecular complexity index is 632. The lowest BCUT2D eigenvalue weighted by molar-refractivity contribution is -0.120. The lowest BCUT2D eigenvalue weighted by Crippen LogP contribution is -2.37. The number of rotatable bonds is 4. The van der Waals surface area contributed by atoms with E-state index in [4.69, 9.17) is 0 Å². The molecular weight excluding hydrogens is 344 g/mol. The first-order valence-corrected chi connectivity index (χ1v) is 8.29. The Balaban J connectivity index is 1.66. The van der Waals surface area contributed by atoms with Gasteiger partial charge in [-0.25, -0.2) is 4.68 Å². The van der Waals surface area contributed by atoms with Crippen LogP contribution in [0.3, 0.4) is 0 Å². The Morgan fingerprint density at radius 2 is 2.18 bits per heavy atom. The molecule has 2 aromatic rings. The van der Waals surface area contributed by atoms with Gasteiger partial charge in [0.05, 0.1) is 18.7 Å². The zero-order valence-corrected chi connectivity index (χ0v) is 13.8. The van der Waals surface area contributed by atoms with Gasteiger partial charge in [0.1, 0.15) is 5.82 Å². The van der Waals surface area contributed by atoms with Crippen LogP contribution in [0.5, 0.6) is 0 Å². The van der Waals surface area contributed by atoms with Crippen LogP contribution in [0.4, 0.5) is 5.82 Å². The fourth-order valence-corrected chi connectivity index (χ4v) is 2.90. The van der Waals surface area contributed by atoms with Gasteiger partial charge in [0, 0.05) is 17.1 Å². The van der Waals surface area contributed by atoms with E-state index in [-0.39, 0.29) is 11.8 Å². The Labute approximate surface area is 138 Å². The summed E-state index contributed by atoms with van der Waals surface area (Å²) in [6.07, 6.45) is 3.71. The molecule has 1 saturated heterocycles. The van der Waals surface area contributed by atoms with Crippen molar-refractivity contribution in [1.82, 2.24) is 15.1 Å². The van der Waals surface area contributed by atoms with Gasteiger partial charge in [-0.1, -0.05) is 28.1 Å². The second-order valence-electron chi connectivity index (χ2n) is 5.53. The average molecular weight is 363 g/mol. The van der Waals surface area contributed by atoms with Crippen LogP contribution in [0, 0.1) is 5.92 Å². The van der Waals surface area contributed by atoms with Crippen molar-refractivity contribution in [2.75, 3.05) is 18.4 Å². The Morgan fingerprint density at radius 3 is 2.91 bits per heavy atom. The van der Waals surface area contributed by atoms with Gasteiger partial charge in [-0.3, -0.25) is 4.79 Å². The van der Waals surface area contributed by atoms with E-state index in [1.165, 1.54) is 0 Å². The number of anilines is 1. The first kappa shape index (κ1) is 15.2. The maximum atomic E-state index is 12.3. The molecule has 1 unspecified atom stereocenters. The molecule has 0 bridgehead atoms. The van der Waals surface area contributed by atoms with Gasteiger partial charge < -0.3 is 10.6 Å². The maximum absolute atomic E-state index is 12.3. The largest absolute Gasteiger partial charge is 0.316 e. The summed E-state index contributed by atoms with van der Waals surface area (Å²) in [4.78, 5) is 12.3. The topological polar surface area (TPSA) is 59.0 Å². The highest BCUT2D eigenvalue weighted by Gasteiger charge is 2.21. The van der Waals surface area contributed by atoms with Crippen LogP contribution < -0.4 is 10.6 Å². The van der Waals surface area contributed by atoms with Gasteiger partial charge in [-0.05, 0) is 37.1 Å². The molecule has 1 aromatic heterocycles. The van der Waals surface area contributed by atoms with Crippen molar-refractivity contribution in [3.05, 3.63) is 46.6 Å². The van der Waals surface area contributed by atoms with E-state index in [2.05, 4.69) is 31.7 Å². The molecule has 0 radical (unpaired) electrons. The van der Waals surface area contributed by atoms with Crippen molar-refractivity contribution in [1.29, 1.82) is 0 Å². The third-order valence-corrected chi connectivity index (χ3v) is 4.41. The molecule has 2 heterocycles. The van der Waals surface area contributed by atoms with Crippen molar-refractivity contribution in [3.63, 3.8) is 0 Å². The van der Waals surface area contributed by atoms with Crippen molar-refractivity contribution in [2.24, 2.45) is 5.92 Å². The molecule has 1 atom stereocenters.